The molecule has 1 heterocycles. The maximum absolute atomic E-state index is 11.6. The molecule has 1 aromatic rings. The number of thiazole rings is 1. The lowest BCUT2D eigenvalue weighted by molar-refractivity contribution is -0.137. The normalized spacial score (nSPS) is 14.9. The predicted octanol–water partition coefficient (Wildman–Crippen LogP) is 4.39. The van der Waals surface area contributed by atoms with E-state index in [2.05, 4.69) is 34.5 Å². The molecule has 23 heavy (non-hydrogen) atoms. The molecule has 6 heteroatoms. The SMILES string of the molecule is C/C(=C\I)CCOC(=O)/C=C/C[C@H](C)c1csc(C[C@@H](C)O)n1. The molecule has 1 N–H and O–H groups in total. The lowest BCUT2D eigenvalue weighted by Crippen LogP contribution is -2.04. The molecule has 0 radical (unpaired) electrons. The van der Waals surface area contributed by atoms with Crippen molar-refractivity contribution in [3.63, 3.8) is 0 Å². The van der Waals surface area contributed by atoms with Crippen LogP contribution in [0.2, 0.25) is 0 Å². The highest BCUT2D eigenvalue weighted by Crippen LogP contribution is 2.22. The molecule has 0 aliphatic heterocycles. The van der Waals surface area contributed by atoms with Gasteiger partial charge in [-0.2, -0.15) is 0 Å². The fourth-order valence-corrected chi connectivity index (χ4v) is 3.15. The topological polar surface area (TPSA) is 59.4 Å². The molecule has 0 saturated heterocycles. The van der Waals surface area contributed by atoms with E-state index < -0.39 is 0 Å². The first-order valence-corrected chi connectivity index (χ1v) is 9.76. The van der Waals surface area contributed by atoms with Crippen LogP contribution in [0.25, 0.3) is 0 Å². The zero-order chi connectivity index (χ0) is 17.2. The Morgan fingerprint density at radius 2 is 2.26 bits per heavy atom. The number of hydrogen-bond donors (Lipinski definition) is 1. The number of aliphatic hydroxyl groups is 1. The second-order valence-electron chi connectivity index (χ2n) is 5.63. The lowest BCUT2D eigenvalue weighted by atomic mass is 10.1. The van der Waals surface area contributed by atoms with Crippen LogP contribution in [-0.2, 0) is 16.0 Å². The van der Waals surface area contributed by atoms with E-state index in [0.29, 0.717) is 13.0 Å². The number of allylic oxidation sites excluding steroid dienone is 1. The molecule has 0 bridgehead atoms. The molecule has 1 aromatic heterocycles. The number of ether oxygens (including phenoxy) is 1. The van der Waals surface area contributed by atoms with Crippen LogP contribution < -0.4 is 0 Å². The van der Waals surface area contributed by atoms with Gasteiger partial charge in [0.1, 0.15) is 0 Å². The summed E-state index contributed by atoms with van der Waals surface area (Å²) in [5, 5.41) is 12.3. The molecule has 0 fully saturated rings. The molecular weight excluding hydrogens is 425 g/mol. The van der Waals surface area contributed by atoms with Crippen molar-refractivity contribution in [2.75, 3.05) is 6.61 Å². The average Bonchev–Trinajstić information content (AvgIpc) is 2.94. The minimum atomic E-state index is -0.371. The molecule has 0 spiro atoms. The van der Waals surface area contributed by atoms with Gasteiger partial charge in [0.15, 0.2) is 0 Å². The zero-order valence-electron chi connectivity index (χ0n) is 13.8. The van der Waals surface area contributed by atoms with Crippen molar-refractivity contribution in [3.8, 4) is 0 Å². The van der Waals surface area contributed by atoms with E-state index >= 15 is 0 Å². The molecule has 128 valence electrons. The Labute approximate surface area is 155 Å². The van der Waals surface area contributed by atoms with E-state index in [9.17, 15) is 9.90 Å². The monoisotopic (exact) mass is 449 g/mol. The molecule has 0 unspecified atom stereocenters. The Hall–Kier alpha value is -0.730. The number of nitrogens with zero attached hydrogens (tertiary/aromatic N) is 1. The number of esters is 1. The van der Waals surface area contributed by atoms with Gasteiger partial charge in [0.05, 0.1) is 23.4 Å². The number of aromatic nitrogens is 1. The van der Waals surface area contributed by atoms with Crippen LogP contribution in [-0.4, -0.2) is 28.8 Å². The van der Waals surface area contributed by atoms with E-state index in [1.54, 1.807) is 18.3 Å². The third-order valence-electron chi connectivity index (χ3n) is 3.21. The van der Waals surface area contributed by atoms with E-state index in [1.165, 1.54) is 11.6 Å². The van der Waals surface area contributed by atoms with Crippen molar-refractivity contribution in [2.24, 2.45) is 0 Å². The second kappa shape index (κ2) is 10.9. The molecule has 0 aliphatic carbocycles. The van der Waals surface area contributed by atoms with Crippen LogP contribution in [0.3, 0.4) is 0 Å². The summed E-state index contributed by atoms with van der Waals surface area (Å²) in [7, 11) is 0. The van der Waals surface area contributed by atoms with Gasteiger partial charge in [-0.3, -0.25) is 0 Å². The largest absolute Gasteiger partial charge is 0.462 e. The molecule has 1 rings (SSSR count). The van der Waals surface area contributed by atoms with Crippen molar-refractivity contribution in [3.05, 3.63) is 37.9 Å². The number of hydrogen-bond acceptors (Lipinski definition) is 5. The van der Waals surface area contributed by atoms with Gasteiger partial charge >= 0.3 is 5.97 Å². The third kappa shape index (κ3) is 8.62. The fraction of sp³-hybridized carbons (Fsp3) is 0.529. The van der Waals surface area contributed by atoms with Crippen molar-refractivity contribution < 1.29 is 14.6 Å². The van der Waals surface area contributed by atoms with Gasteiger partial charge in [-0.25, -0.2) is 9.78 Å². The van der Waals surface area contributed by atoms with Gasteiger partial charge in [0, 0.05) is 30.2 Å². The molecular formula is C17H24INO3S. The lowest BCUT2D eigenvalue weighted by Gasteiger charge is -2.05. The summed E-state index contributed by atoms with van der Waals surface area (Å²) in [5.74, 6) is -0.0613. The van der Waals surface area contributed by atoms with Crippen molar-refractivity contribution in [1.82, 2.24) is 4.98 Å². The maximum Gasteiger partial charge on any atom is 0.330 e. The van der Waals surface area contributed by atoms with Crippen molar-refractivity contribution in [2.45, 2.75) is 52.1 Å². The molecule has 2 atom stereocenters. The molecule has 4 nitrogen and oxygen atoms in total. The van der Waals surface area contributed by atoms with Crippen LogP contribution >= 0.6 is 33.9 Å². The van der Waals surface area contributed by atoms with Crippen LogP contribution in [0.4, 0.5) is 0 Å². The Morgan fingerprint density at radius 1 is 1.52 bits per heavy atom. The second-order valence-corrected chi connectivity index (χ2v) is 7.20. The van der Waals surface area contributed by atoms with Gasteiger partial charge in [0.2, 0.25) is 0 Å². The van der Waals surface area contributed by atoms with Gasteiger partial charge in [-0.05, 0) is 24.4 Å². The number of aliphatic hydroxyl groups excluding tert-OH is 1. The third-order valence-corrected chi connectivity index (χ3v) is 5.17. The maximum atomic E-state index is 11.6. The first-order chi connectivity index (χ1) is 10.9. The Kier molecular flexibility index (Phi) is 9.66. The van der Waals surface area contributed by atoms with Crippen LogP contribution in [0.1, 0.15) is 50.2 Å². The highest BCUT2D eigenvalue weighted by atomic mass is 127. The first kappa shape index (κ1) is 20.3. The van der Waals surface area contributed by atoms with Gasteiger partial charge in [0.25, 0.3) is 0 Å². The summed E-state index contributed by atoms with van der Waals surface area (Å²) in [6.45, 7) is 6.26. The van der Waals surface area contributed by atoms with E-state index in [0.717, 1.165) is 23.5 Å². The zero-order valence-corrected chi connectivity index (χ0v) is 16.8. The number of carbonyl (C=O) groups excluding carboxylic acids is 1. The number of halogens is 1. The Bertz CT molecular complexity index is 552. The van der Waals surface area contributed by atoms with E-state index in [-0.39, 0.29) is 18.0 Å². The van der Waals surface area contributed by atoms with E-state index in [1.807, 2.05) is 22.5 Å². The summed E-state index contributed by atoms with van der Waals surface area (Å²) in [5.41, 5.74) is 2.21. The Morgan fingerprint density at radius 3 is 2.91 bits per heavy atom. The van der Waals surface area contributed by atoms with Gasteiger partial charge in [-0.15, -0.1) is 11.3 Å². The fourth-order valence-electron chi connectivity index (χ4n) is 1.80. The molecule has 0 aliphatic rings. The van der Waals surface area contributed by atoms with Crippen LogP contribution in [0, 0.1) is 0 Å². The van der Waals surface area contributed by atoms with Crippen LogP contribution in [0.15, 0.2) is 27.2 Å². The average molecular weight is 449 g/mol. The minimum absolute atomic E-state index is 0.238. The van der Waals surface area contributed by atoms with Crippen LogP contribution in [0.5, 0.6) is 0 Å². The first-order valence-electron chi connectivity index (χ1n) is 7.63. The smallest absolute Gasteiger partial charge is 0.330 e. The Balaban J connectivity index is 2.35. The summed E-state index contributed by atoms with van der Waals surface area (Å²) < 4.78 is 7.13. The molecule has 0 aromatic carbocycles. The predicted molar refractivity (Wildman–Crippen MR) is 103 cm³/mol. The van der Waals surface area contributed by atoms with Gasteiger partial charge < -0.3 is 9.84 Å². The summed E-state index contributed by atoms with van der Waals surface area (Å²) in [6, 6.07) is 0. The van der Waals surface area contributed by atoms with Crippen molar-refractivity contribution in [1.29, 1.82) is 0 Å². The molecule has 0 saturated carbocycles. The highest BCUT2D eigenvalue weighted by molar-refractivity contribution is 14.1. The summed E-state index contributed by atoms with van der Waals surface area (Å²) >= 11 is 3.75. The van der Waals surface area contributed by atoms with E-state index in [4.69, 9.17) is 4.74 Å². The minimum Gasteiger partial charge on any atom is -0.462 e. The number of rotatable bonds is 9. The number of carbonyl (C=O) groups is 1. The summed E-state index contributed by atoms with van der Waals surface area (Å²) in [4.78, 5) is 16.1. The van der Waals surface area contributed by atoms with Crippen molar-refractivity contribution >= 4 is 39.9 Å². The summed E-state index contributed by atoms with van der Waals surface area (Å²) in [6.07, 6.45) is 5.04. The highest BCUT2D eigenvalue weighted by Gasteiger charge is 2.10. The molecule has 0 amide bonds. The standard InChI is InChI=1S/C17H24INO3S/c1-12(10-18)7-8-22-17(21)6-4-5-13(2)15-11-23-16(19-15)9-14(3)20/h4,6,10-11,13-14,20H,5,7-9H2,1-3H3/b6-4+,12-10+/t13-,14+/m0/s1. The van der Waals surface area contributed by atoms with Gasteiger partial charge in [-0.1, -0.05) is 41.2 Å². The quantitative estimate of drug-likeness (QED) is 0.345.